The number of halogens is 1. The van der Waals surface area contributed by atoms with Crippen molar-refractivity contribution in [1.29, 1.82) is 5.26 Å². The van der Waals surface area contributed by atoms with E-state index in [0.29, 0.717) is 22.9 Å². The molecule has 0 N–H and O–H groups in total. The lowest BCUT2D eigenvalue weighted by molar-refractivity contribution is 0.104. The summed E-state index contributed by atoms with van der Waals surface area (Å²) in [4.78, 5) is 12.4. The Bertz CT molecular complexity index is 1000. The number of hydrogen-bond acceptors (Lipinski definition) is 3. The van der Waals surface area contributed by atoms with Gasteiger partial charge in [0.15, 0.2) is 0 Å². The maximum Gasteiger partial charge on any atom is 0.203 e. The lowest BCUT2D eigenvalue weighted by atomic mass is 10.0. The first-order chi connectivity index (χ1) is 13.2. The number of carbonyl (C=O) groups is 1. The second kappa shape index (κ2) is 8.84. The summed E-state index contributed by atoms with van der Waals surface area (Å²) in [6.45, 7) is 0.366. The van der Waals surface area contributed by atoms with Crippen molar-refractivity contribution in [2.45, 2.75) is 6.61 Å². The smallest absolute Gasteiger partial charge is 0.203 e. The average molecular weight is 374 g/mol. The molecule has 0 aliphatic rings. The maximum absolute atomic E-state index is 12.4. The topological polar surface area (TPSA) is 50.1 Å². The van der Waals surface area contributed by atoms with Crippen molar-refractivity contribution in [3.05, 3.63) is 106 Å². The molecule has 0 saturated heterocycles. The minimum absolute atomic E-state index is 0.0888. The van der Waals surface area contributed by atoms with Crippen LogP contribution in [0.15, 0.2) is 84.4 Å². The van der Waals surface area contributed by atoms with Crippen LogP contribution in [0.25, 0.3) is 6.08 Å². The number of allylic oxidation sites excluding steroid dienone is 1. The van der Waals surface area contributed by atoms with E-state index in [-0.39, 0.29) is 11.4 Å². The van der Waals surface area contributed by atoms with Crippen molar-refractivity contribution < 1.29 is 9.53 Å². The van der Waals surface area contributed by atoms with Gasteiger partial charge in [0.25, 0.3) is 0 Å². The third kappa shape index (κ3) is 4.84. The second-order valence-electron chi connectivity index (χ2n) is 5.81. The minimum Gasteiger partial charge on any atom is -0.489 e. The highest BCUT2D eigenvalue weighted by molar-refractivity contribution is 6.31. The molecule has 0 spiro atoms. The molecule has 3 aromatic rings. The predicted octanol–water partition coefficient (Wildman–Crippen LogP) is 5.71. The number of benzene rings is 3. The molecule has 0 atom stereocenters. The zero-order valence-electron chi connectivity index (χ0n) is 14.4. The number of ketones is 1. The number of nitrogens with zero attached hydrogens (tertiary/aromatic N) is 1. The molecular formula is C23H16ClNO2. The van der Waals surface area contributed by atoms with Crippen molar-refractivity contribution in [3.63, 3.8) is 0 Å². The van der Waals surface area contributed by atoms with Crippen LogP contribution < -0.4 is 4.74 Å². The third-order valence-electron chi connectivity index (χ3n) is 3.94. The van der Waals surface area contributed by atoms with E-state index >= 15 is 0 Å². The summed E-state index contributed by atoms with van der Waals surface area (Å²) in [6.07, 6.45) is 1.58. The molecule has 132 valence electrons. The number of Topliss-reactive ketones (excluding diaryl/α,β-unsaturated/α-hetero) is 1. The molecular weight excluding hydrogens is 358 g/mol. The molecule has 0 aromatic heterocycles. The molecule has 3 rings (SSSR count). The van der Waals surface area contributed by atoms with Crippen LogP contribution in [0.4, 0.5) is 0 Å². The summed E-state index contributed by atoms with van der Waals surface area (Å²) < 4.78 is 5.74. The minimum atomic E-state index is -0.294. The van der Waals surface area contributed by atoms with Crippen molar-refractivity contribution in [3.8, 4) is 11.8 Å². The van der Waals surface area contributed by atoms with E-state index in [0.717, 1.165) is 11.1 Å². The Balaban J connectivity index is 1.71. The Labute approximate surface area is 163 Å². The van der Waals surface area contributed by atoms with Crippen LogP contribution in [-0.2, 0) is 6.61 Å². The Kier molecular flexibility index (Phi) is 6.04. The van der Waals surface area contributed by atoms with Gasteiger partial charge in [-0.05, 0) is 29.8 Å². The maximum atomic E-state index is 12.4. The summed E-state index contributed by atoms with van der Waals surface area (Å²) in [5, 5.41) is 10.00. The van der Waals surface area contributed by atoms with Crippen molar-refractivity contribution in [1.82, 2.24) is 0 Å². The average Bonchev–Trinajstić information content (AvgIpc) is 2.72. The zero-order chi connectivity index (χ0) is 19.1. The summed E-state index contributed by atoms with van der Waals surface area (Å²) in [7, 11) is 0. The van der Waals surface area contributed by atoms with Gasteiger partial charge in [0, 0.05) is 16.1 Å². The first kappa shape index (κ1) is 18.4. The molecule has 0 unspecified atom stereocenters. The number of ether oxygens (including phenoxy) is 1. The van der Waals surface area contributed by atoms with E-state index in [1.54, 1.807) is 54.6 Å². The Morgan fingerprint density at radius 3 is 2.30 bits per heavy atom. The Morgan fingerprint density at radius 1 is 0.963 bits per heavy atom. The molecule has 27 heavy (non-hydrogen) atoms. The molecule has 4 heteroatoms. The highest BCUT2D eigenvalue weighted by atomic mass is 35.5. The highest BCUT2D eigenvalue weighted by Gasteiger charge is 2.11. The van der Waals surface area contributed by atoms with Gasteiger partial charge in [-0.1, -0.05) is 72.3 Å². The fraction of sp³-hybridized carbons (Fsp3) is 0.0435. The van der Waals surface area contributed by atoms with E-state index in [9.17, 15) is 10.1 Å². The second-order valence-corrected chi connectivity index (χ2v) is 6.22. The fourth-order valence-electron chi connectivity index (χ4n) is 2.50. The molecule has 0 bridgehead atoms. The number of rotatable bonds is 6. The predicted molar refractivity (Wildman–Crippen MR) is 107 cm³/mol. The molecule has 0 aliphatic carbocycles. The largest absolute Gasteiger partial charge is 0.489 e. The number of hydrogen-bond donors (Lipinski definition) is 0. The molecule has 0 saturated carbocycles. The van der Waals surface area contributed by atoms with Crippen molar-refractivity contribution in [2.24, 2.45) is 0 Å². The van der Waals surface area contributed by atoms with E-state index in [1.807, 2.05) is 36.4 Å². The Morgan fingerprint density at radius 2 is 1.63 bits per heavy atom. The van der Waals surface area contributed by atoms with E-state index < -0.39 is 0 Å². The van der Waals surface area contributed by atoms with Crippen LogP contribution in [-0.4, -0.2) is 5.78 Å². The van der Waals surface area contributed by atoms with Gasteiger partial charge in [-0.3, -0.25) is 4.79 Å². The molecule has 3 nitrogen and oxygen atoms in total. The third-order valence-corrected chi connectivity index (χ3v) is 4.31. The molecule has 0 fully saturated rings. The monoisotopic (exact) mass is 373 g/mol. The first-order valence-electron chi connectivity index (χ1n) is 8.35. The van der Waals surface area contributed by atoms with Crippen LogP contribution in [0.2, 0.25) is 5.02 Å². The van der Waals surface area contributed by atoms with Crippen LogP contribution in [0.3, 0.4) is 0 Å². The van der Waals surface area contributed by atoms with Gasteiger partial charge in [0.2, 0.25) is 5.78 Å². The van der Waals surface area contributed by atoms with Gasteiger partial charge in [-0.25, -0.2) is 0 Å². The van der Waals surface area contributed by atoms with E-state index in [2.05, 4.69) is 0 Å². The summed E-state index contributed by atoms with van der Waals surface area (Å²) in [5.41, 5.74) is 2.24. The fourth-order valence-corrected chi connectivity index (χ4v) is 2.69. The molecule has 0 radical (unpaired) electrons. The summed E-state index contributed by atoms with van der Waals surface area (Å²) in [5.74, 6) is 0.386. The van der Waals surface area contributed by atoms with Crippen LogP contribution in [0, 0.1) is 11.3 Å². The van der Waals surface area contributed by atoms with Crippen molar-refractivity contribution >= 4 is 23.5 Å². The normalized spacial score (nSPS) is 10.9. The van der Waals surface area contributed by atoms with Gasteiger partial charge in [-0.15, -0.1) is 0 Å². The van der Waals surface area contributed by atoms with Crippen LogP contribution in [0.1, 0.15) is 21.5 Å². The van der Waals surface area contributed by atoms with Crippen LogP contribution >= 0.6 is 11.6 Å². The van der Waals surface area contributed by atoms with Gasteiger partial charge >= 0.3 is 0 Å². The van der Waals surface area contributed by atoms with Crippen molar-refractivity contribution in [2.75, 3.05) is 0 Å². The molecule has 3 aromatic carbocycles. The van der Waals surface area contributed by atoms with Gasteiger partial charge < -0.3 is 4.74 Å². The lowest BCUT2D eigenvalue weighted by Crippen LogP contribution is -2.01. The first-order valence-corrected chi connectivity index (χ1v) is 8.73. The zero-order valence-corrected chi connectivity index (χ0v) is 15.2. The van der Waals surface area contributed by atoms with E-state index in [1.165, 1.54) is 0 Å². The van der Waals surface area contributed by atoms with Gasteiger partial charge in [0.05, 0.1) is 0 Å². The van der Waals surface area contributed by atoms with E-state index in [4.69, 9.17) is 16.3 Å². The Hall–Kier alpha value is -3.35. The van der Waals surface area contributed by atoms with Crippen LogP contribution in [0.5, 0.6) is 5.75 Å². The molecule has 0 amide bonds. The SMILES string of the molecule is N#C/C(=C/c1ccc(OCc2ccccc2Cl)cc1)C(=O)c1ccccc1. The van der Waals surface area contributed by atoms with Gasteiger partial charge in [0.1, 0.15) is 24.0 Å². The number of nitriles is 1. The number of carbonyl (C=O) groups excluding carboxylic acids is 1. The lowest BCUT2D eigenvalue weighted by Gasteiger charge is -2.08. The quantitative estimate of drug-likeness (QED) is 0.316. The molecule has 0 aliphatic heterocycles. The highest BCUT2D eigenvalue weighted by Crippen LogP contribution is 2.20. The standard InChI is InChI=1S/C23H16ClNO2/c24-22-9-5-4-8-19(22)16-27-21-12-10-17(11-13-21)14-20(15-25)23(26)18-6-2-1-3-7-18/h1-14H,16H2/b20-14-. The summed E-state index contributed by atoms with van der Waals surface area (Å²) >= 11 is 6.12. The molecule has 0 heterocycles. The van der Waals surface area contributed by atoms with Gasteiger partial charge in [-0.2, -0.15) is 5.26 Å². The summed E-state index contributed by atoms with van der Waals surface area (Å²) in [6, 6.07) is 25.4.